The summed E-state index contributed by atoms with van der Waals surface area (Å²) in [6.45, 7) is 6.03. The number of likely N-dealkylation sites (tertiary alicyclic amines) is 1. The molecule has 0 radical (unpaired) electrons. The highest BCUT2D eigenvalue weighted by atomic mass is 16.5. The smallest absolute Gasteiger partial charge is 0.257 e. The molecule has 0 unspecified atom stereocenters. The van der Waals surface area contributed by atoms with Crippen LogP contribution in [0.4, 0.5) is 0 Å². The Hall–Kier alpha value is -1.82. The Bertz CT molecular complexity index is 553. The Labute approximate surface area is 137 Å². The molecule has 128 valence electrons. The molecule has 1 saturated heterocycles. The third kappa shape index (κ3) is 4.58. The highest BCUT2D eigenvalue weighted by molar-refractivity contribution is 5.95. The zero-order chi connectivity index (χ0) is 16.8. The summed E-state index contributed by atoms with van der Waals surface area (Å²) in [6, 6.07) is 1.77. The second-order valence-electron chi connectivity index (χ2n) is 6.05. The predicted molar refractivity (Wildman–Crippen MR) is 86.3 cm³/mol. The summed E-state index contributed by atoms with van der Waals surface area (Å²) in [7, 11) is 1.64. The molecule has 1 aliphatic heterocycles. The van der Waals surface area contributed by atoms with Crippen LogP contribution in [0.25, 0.3) is 0 Å². The van der Waals surface area contributed by atoms with Gasteiger partial charge in [0.25, 0.3) is 5.91 Å². The molecular formula is C17H26N2O4. The van der Waals surface area contributed by atoms with E-state index in [-0.39, 0.29) is 17.7 Å². The van der Waals surface area contributed by atoms with Gasteiger partial charge < -0.3 is 19.4 Å². The van der Waals surface area contributed by atoms with Crippen molar-refractivity contribution in [3.8, 4) is 0 Å². The van der Waals surface area contributed by atoms with Crippen LogP contribution in [0.1, 0.15) is 41.1 Å². The van der Waals surface area contributed by atoms with Crippen molar-refractivity contribution in [2.75, 3.05) is 33.4 Å². The first-order chi connectivity index (χ1) is 11.0. The zero-order valence-corrected chi connectivity index (χ0v) is 14.2. The fourth-order valence-electron chi connectivity index (χ4n) is 2.96. The Kier molecular flexibility index (Phi) is 6.21. The molecule has 0 spiro atoms. The van der Waals surface area contributed by atoms with E-state index in [2.05, 4.69) is 5.32 Å². The molecule has 1 atom stereocenters. The highest BCUT2D eigenvalue weighted by Crippen LogP contribution is 2.21. The van der Waals surface area contributed by atoms with Gasteiger partial charge in [-0.3, -0.25) is 9.59 Å². The van der Waals surface area contributed by atoms with Crippen LogP contribution in [-0.2, 0) is 9.53 Å². The maximum Gasteiger partial charge on any atom is 0.257 e. The number of hydrogen-bond donors (Lipinski definition) is 1. The van der Waals surface area contributed by atoms with Crippen molar-refractivity contribution in [1.82, 2.24) is 10.2 Å². The van der Waals surface area contributed by atoms with E-state index in [4.69, 9.17) is 9.15 Å². The molecule has 1 aromatic heterocycles. The van der Waals surface area contributed by atoms with Crippen LogP contribution in [0.2, 0.25) is 0 Å². The summed E-state index contributed by atoms with van der Waals surface area (Å²) in [5.74, 6) is 1.22. The van der Waals surface area contributed by atoms with Gasteiger partial charge >= 0.3 is 0 Å². The molecule has 2 rings (SSSR count). The fourth-order valence-corrected chi connectivity index (χ4v) is 2.96. The Morgan fingerprint density at radius 1 is 1.43 bits per heavy atom. The zero-order valence-electron chi connectivity index (χ0n) is 14.2. The lowest BCUT2D eigenvalue weighted by Crippen LogP contribution is -2.45. The molecule has 1 aromatic rings. The van der Waals surface area contributed by atoms with Gasteiger partial charge in [0.05, 0.1) is 11.5 Å². The van der Waals surface area contributed by atoms with Crippen LogP contribution in [0.3, 0.4) is 0 Å². The van der Waals surface area contributed by atoms with E-state index in [0.29, 0.717) is 37.6 Å². The summed E-state index contributed by atoms with van der Waals surface area (Å²) in [6.07, 6.45) is 2.46. The van der Waals surface area contributed by atoms with Crippen molar-refractivity contribution in [3.63, 3.8) is 0 Å². The number of amides is 2. The van der Waals surface area contributed by atoms with Gasteiger partial charge in [0.1, 0.15) is 11.5 Å². The van der Waals surface area contributed by atoms with Crippen LogP contribution in [0.15, 0.2) is 10.5 Å². The Balaban J connectivity index is 1.91. The average molecular weight is 322 g/mol. The number of furan rings is 1. The molecule has 1 N–H and O–H groups in total. The van der Waals surface area contributed by atoms with Crippen LogP contribution >= 0.6 is 0 Å². The first-order valence-electron chi connectivity index (χ1n) is 8.16. The monoisotopic (exact) mass is 322 g/mol. The van der Waals surface area contributed by atoms with Crippen molar-refractivity contribution < 1.29 is 18.7 Å². The number of carbonyl (C=O) groups is 2. The Morgan fingerprint density at radius 3 is 2.87 bits per heavy atom. The lowest BCUT2D eigenvalue weighted by atomic mass is 9.96. The molecular weight excluding hydrogens is 296 g/mol. The molecule has 2 heterocycles. The summed E-state index contributed by atoms with van der Waals surface area (Å²) < 4.78 is 10.4. The van der Waals surface area contributed by atoms with Gasteiger partial charge in [0, 0.05) is 33.4 Å². The molecule has 6 nitrogen and oxygen atoms in total. The van der Waals surface area contributed by atoms with E-state index >= 15 is 0 Å². The maximum absolute atomic E-state index is 12.6. The summed E-state index contributed by atoms with van der Waals surface area (Å²) in [4.78, 5) is 26.6. The van der Waals surface area contributed by atoms with Crippen LogP contribution in [0.5, 0.6) is 0 Å². The summed E-state index contributed by atoms with van der Waals surface area (Å²) in [5.41, 5.74) is 0.601. The third-order valence-electron chi connectivity index (χ3n) is 4.18. The van der Waals surface area contributed by atoms with Crippen molar-refractivity contribution in [1.29, 1.82) is 0 Å². The van der Waals surface area contributed by atoms with Crippen LogP contribution < -0.4 is 5.32 Å². The van der Waals surface area contributed by atoms with Gasteiger partial charge in [-0.05, 0) is 39.2 Å². The second kappa shape index (κ2) is 8.15. The van der Waals surface area contributed by atoms with Crippen molar-refractivity contribution in [2.24, 2.45) is 5.92 Å². The number of nitrogens with zero attached hydrogens (tertiary/aromatic N) is 1. The number of hydrogen-bond acceptors (Lipinski definition) is 4. The quantitative estimate of drug-likeness (QED) is 0.812. The molecule has 2 amide bonds. The van der Waals surface area contributed by atoms with Crippen molar-refractivity contribution >= 4 is 11.8 Å². The number of methoxy groups -OCH3 is 1. The number of rotatable bonds is 6. The molecule has 1 aliphatic rings. The standard InChI is InChI=1S/C17H26N2O4/c1-12-10-15(13(2)23-12)17(21)19-8-4-6-14(11-19)16(20)18-7-5-9-22-3/h10,14H,4-9,11H2,1-3H3,(H,18,20)/t14-/m0/s1. The molecule has 0 saturated carbocycles. The van der Waals surface area contributed by atoms with E-state index in [1.165, 1.54) is 0 Å². The largest absolute Gasteiger partial charge is 0.466 e. The first-order valence-corrected chi connectivity index (χ1v) is 8.16. The van der Waals surface area contributed by atoms with Crippen molar-refractivity contribution in [3.05, 3.63) is 23.2 Å². The summed E-state index contributed by atoms with van der Waals surface area (Å²) in [5, 5.41) is 2.93. The number of nitrogens with one attached hydrogen (secondary N) is 1. The van der Waals surface area contributed by atoms with E-state index in [0.717, 1.165) is 25.0 Å². The fraction of sp³-hybridized carbons (Fsp3) is 0.647. The number of ether oxygens (including phenoxy) is 1. The van der Waals surface area contributed by atoms with Crippen LogP contribution in [-0.4, -0.2) is 50.1 Å². The molecule has 1 fully saturated rings. The SMILES string of the molecule is COCCCNC(=O)[C@H]1CCCN(C(=O)c2cc(C)oc2C)C1. The van der Waals surface area contributed by atoms with E-state index in [9.17, 15) is 9.59 Å². The van der Waals surface area contributed by atoms with Crippen molar-refractivity contribution in [2.45, 2.75) is 33.1 Å². The lowest BCUT2D eigenvalue weighted by molar-refractivity contribution is -0.126. The second-order valence-corrected chi connectivity index (χ2v) is 6.05. The van der Waals surface area contributed by atoms with Gasteiger partial charge in [0.15, 0.2) is 0 Å². The number of piperidine rings is 1. The predicted octanol–water partition coefficient (Wildman–Crippen LogP) is 1.90. The van der Waals surface area contributed by atoms with E-state index < -0.39 is 0 Å². The van der Waals surface area contributed by atoms with Gasteiger partial charge in [-0.25, -0.2) is 0 Å². The van der Waals surface area contributed by atoms with Crippen LogP contribution in [0, 0.1) is 19.8 Å². The van der Waals surface area contributed by atoms with E-state index in [1.54, 1.807) is 25.0 Å². The normalized spacial score (nSPS) is 18.0. The number of aryl methyl sites for hydroxylation is 2. The first kappa shape index (κ1) is 17.5. The minimum Gasteiger partial charge on any atom is -0.466 e. The van der Waals surface area contributed by atoms with E-state index in [1.807, 2.05) is 6.92 Å². The maximum atomic E-state index is 12.6. The average Bonchev–Trinajstić information content (AvgIpc) is 2.89. The molecule has 6 heteroatoms. The van der Waals surface area contributed by atoms with Gasteiger partial charge in [-0.1, -0.05) is 0 Å². The molecule has 23 heavy (non-hydrogen) atoms. The van der Waals surface area contributed by atoms with Gasteiger partial charge in [-0.2, -0.15) is 0 Å². The van der Waals surface area contributed by atoms with Gasteiger partial charge in [-0.15, -0.1) is 0 Å². The summed E-state index contributed by atoms with van der Waals surface area (Å²) >= 11 is 0. The molecule has 0 aromatic carbocycles. The minimum absolute atomic E-state index is 0.0266. The topological polar surface area (TPSA) is 71.8 Å². The number of carbonyl (C=O) groups excluding carboxylic acids is 2. The molecule has 0 bridgehead atoms. The highest BCUT2D eigenvalue weighted by Gasteiger charge is 2.30. The third-order valence-corrected chi connectivity index (χ3v) is 4.18. The Morgan fingerprint density at radius 2 is 2.22 bits per heavy atom. The molecule has 0 aliphatic carbocycles. The van der Waals surface area contributed by atoms with Gasteiger partial charge in [0.2, 0.25) is 5.91 Å². The minimum atomic E-state index is -0.136. The lowest BCUT2D eigenvalue weighted by Gasteiger charge is -2.32.